The Bertz CT molecular complexity index is 4800. The number of benzene rings is 3. The second-order valence-corrected chi connectivity index (χ2v) is 28.2. The number of methoxy groups -OCH3 is 3. The fourth-order valence-electron chi connectivity index (χ4n) is 12.2. The number of carbonyl (C=O) groups is 6. The third-order valence-corrected chi connectivity index (χ3v) is 20.4. The average molecular weight is 1660 g/mol. The van der Waals surface area contributed by atoms with E-state index in [9.17, 15) is 63.9 Å². The number of carboxylic acids is 3. The molecule has 3 aromatic heterocycles. The number of thiazole rings is 3. The predicted molar refractivity (Wildman–Crippen MR) is 393 cm³/mol. The molecule has 0 unspecified atom stereocenters. The minimum atomic E-state index is -4.67. The lowest BCUT2D eigenvalue weighted by Crippen LogP contribution is -2.46. The Morgan fingerprint density at radius 3 is 1.28 bits per heavy atom. The van der Waals surface area contributed by atoms with Crippen LogP contribution in [0, 0.1) is 24.4 Å². The Morgan fingerprint density at radius 2 is 0.938 bits per heavy atom. The minimum absolute atomic E-state index is 0.000402. The van der Waals surface area contributed by atoms with E-state index in [2.05, 4.69) is 40.9 Å². The maximum absolute atomic E-state index is 13.9. The number of esters is 3. The number of aryl methyl sites for hydroxylation is 1. The van der Waals surface area contributed by atoms with Gasteiger partial charge in [-0.05, 0) is 67.1 Å². The number of alkyl halides is 5. The number of carbonyl (C=O) groups excluding carboxylic acids is 3. The lowest BCUT2D eigenvalue weighted by atomic mass is 9.91. The van der Waals surface area contributed by atoms with Crippen LogP contribution in [0.1, 0.15) is 73.2 Å². The molecule has 6 N–H and O–H groups in total. The highest BCUT2D eigenvalue weighted by atomic mass is 35.5. The van der Waals surface area contributed by atoms with Crippen LogP contribution in [0.2, 0.25) is 10.0 Å². The second kappa shape index (κ2) is 38.5. The van der Waals surface area contributed by atoms with E-state index < -0.39 is 114 Å². The van der Waals surface area contributed by atoms with Crippen LogP contribution in [0.15, 0.2) is 162 Å². The van der Waals surface area contributed by atoms with E-state index >= 15 is 0 Å². The Morgan fingerprint density at radius 1 is 0.562 bits per heavy atom. The molecular formula is C72H68Cl2F8N12O15S3. The first kappa shape index (κ1) is 84.4. The van der Waals surface area contributed by atoms with Crippen molar-refractivity contribution in [3.05, 3.63) is 223 Å². The summed E-state index contributed by atoms with van der Waals surface area (Å²) >= 11 is 16.1. The van der Waals surface area contributed by atoms with Crippen molar-refractivity contribution in [3.63, 3.8) is 0 Å². The van der Waals surface area contributed by atoms with Crippen molar-refractivity contribution in [2.24, 2.45) is 15.0 Å². The molecule has 0 aliphatic carbocycles. The molecule has 0 radical (unpaired) electrons. The summed E-state index contributed by atoms with van der Waals surface area (Å²) in [5.41, 5.74) is 1.18. The van der Waals surface area contributed by atoms with E-state index in [1.165, 1.54) is 85.5 Å². The summed E-state index contributed by atoms with van der Waals surface area (Å²) in [4.78, 5) is 104. The molecule has 6 atom stereocenters. The second-order valence-electron chi connectivity index (χ2n) is 24.8. The standard InChI is InChI=1S/C24H21ClF4N4O5S.C24H24ClFN4O5S.C24H23F3N4O5S/c1-37-23(36)19-16(10-33-6-7-38-13(9-33)3-5-18(34)35)30-21(22-31-17(11-39-22)24(27,28)29)32-20(19)14-4-2-12(26)8-15(14)25;1-13-12-36-23(27-13)22-28-18(11-30-7-8-35-15(10-30)4-6-19(31)32)20(24(33)34-2)21(29-22)16-5-3-14(26)9-17(16)25;1-35-24(34)19-17(12-31-7-8-36-14(11-31)3-5-18(32)33)29-22(23-28-6-9-37-23)30-20(19)15-4-2-13(25)10-16(15)21(26)27/h2-5,8,11,13,20H,6-7,9-10H2,1H3,(H,30,32)(H,34,35);3-6,9,12,15,21H,7-8,10-11H2,1-2H3,(H,28,29)(H,31,32);2-6,9-10,14,20-21H,7-8,11-12H2,1H3,(H,29,30)(H,32,33)/b5-3+;6-4+;5-3+/t13-,20+;15-,21+;14-,20+/m111/s1. The fourth-order valence-corrected chi connectivity index (χ4v) is 14.8. The molecule has 6 aromatic rings. The highest BCUT2D eigenvalue weighted by molar-refractivity contribution is 7.12. The number of ether oxygens (including phenoxy) is 6. The Labute approximate surface area is 654 Å². The zero-order chi connectivity index (χ0) is 80.7. The number of amidine groups is 3. The molecule has 12 rings (SSSR count). The first-order valence-corrected chi connectivity index (χ1v) is 36.9. The van der Waals surface area contributed by atoms with Crippen LogP contribution >= 0.6 is 57.2 Å². The largest absolute Gasteiger partial charge is 0.478 e. The van der Waals surface area contributed by atoms with Gasteiger partial charge in [0.15, 0.2) is 38.2 Å². The number of halogens is 10. The van der Waals surface area contributed by atoms with E-state index in [1.54, 1.807) is 11.6 Å². The van der Waals surface area contributed by atoms with Crippen LogP contribution in [-0.2, 0) is 63.4 Å². The zero-order valence-corrected chi connectivity index (χ0v) is 63.2. The van der Waals surface area contributed by atoms with Gasteiger partial charge in [-0.2, -0.15) is 13.2 Å². The van der Waals surface area contributed by atoms with Crippen molar-refractivity contribution < 1.29 is 108 Å². The van der Waals surface area contributed by atoms with Crippen LogP contribution in [-0.4, -0.2) is 217 Å². The van der Waals surface area contributed by atoms with Gasteiger partial charge in [0.25, 0.3) is 6.43 Å². The topological polar surface area (TPSA) is 340 Å². The monoisotopic (exact) mass is 1660 g/mol. The molecule has 0 bridgehead atoms. The minimum Gasteiger partial charge on any atom is -0.478 e. The Hall–Kier alpha value is -10.0. The van der Waals surface area contributed by atoms with Crippen LogP contribution in [0.4, 0.5) is 35.1 Å². The maximum Gasteiger partial charge on any atom is 0.434 e. The molecule has 6 aliphatic heterocycles. The molecule has 27 nitrogen and oxygen atoms in total. The van der Waals surface area contributed by atoms with Gasteiger partial charge < -0.3 is 59.7 Å². The highest BCUT2D eigenvalue weighted by Crippen LogP contribution is 2.42. The van der Waals surface area contributed by atoms with Crippen LogP contribution < -0.4 is 16.0 Å². The summed E-state index contributed by atoms with van der Waals surface area (Å²) in [6.45, 7) is 5.73. The van der Waals surface area contributed by atoms with Crippen molar-refractivity contribution in [1.29, 1.82) is 0 Å². The molecule has 3 fully saturated rings. The van der Waals surface area contributed by atoms with Gasteiger partial charge in [-0.25, -0.2) is 65.7 Å². The van der Waals surface area contributed by atoms with Crippen molar-refractivity contribution in [3.8, 4) is 0 Å². The number of nitrogens with one attached hydrogen (secondary N) is 3. The molecule has 9 heterocycles. The Balaban J connectivity index is 0.000000178. The van der Waals surface area contributed by atoms with Gasteiger partial charge in [0.2, 0.25) is 0 Å². The number of aromatic nitrogens is 3. The third-order valence-electron chi connectivity index (χ3n) is 17.2. The van der Waals surface area contributed by atoms with Gasteiger partial charge in [0.05, 0.1) is 76.2 Å². The number of hydrogen-bond acceptors (Lipinski definition) is 27. The van der Waals surface area contributed by atoms with E-state index in [0.717, 1.165) is 60.7 Å². The quantitative estimate of drug-likeness (QED) is 0.0159. The van der Waals surface area contributed by atoms with Gasteiger partial charge in [-0.3, -0.25) is 29.7 Å². The lowest BCUT2D eigenvalue weighted by molar-refractivity contribution is -0.141. The number of morpholine rings is 3. The predicted octanol–water partition coefficient (Wildman–Crippen LogP) is 10.00. The highest BCUT2D eigenvalue weighted by Gasteiger charge is 2.41. The molecular weight excluding hydrogens is 1590 g/mol. The SMILES string of the molecule is COC(=O)C1=C(CN2CCO[C@H](/C=C/C(=O)O)C2)NC(c2nc(C(F)(F)F)cs2)=N[C@H]1c1ccc(F)cc1Cl.COC(=O)C1=C(CN2CCO[C@H](/C=C/C(=O)O)C2)NC(c2nc(C)cs2)=N[C@H]1c1ccc(F)cc1Cl.COC(=O)C1=C(CN2CCO[C@H](/C=C/C(=O)O)C2)NC(c2nccs2)=N[C@H]1c1ccc(F)cc1C(F)F. The summed E-state index contributed by atoms with van der Waals surface area (Å²) in [7, 11) is 3.61. The van der Waals surface area contributed by atoms with Crippen molar-refractivity contribution >= 4 is 111 Å². The molecule has 40 heteroatoms. The molecule has 3 saturated heterocycles. The average Bonchev–Trinajstić information content (AvgIpc) is 1.10. The zero-order valence-electron chi connectivity index (χ0n) is 59.3. The van der Waals surface area contributed by atoms with Crippen LogP contribution in [0.5, 0.6) is 0 Å². The number of carboxylic acid groups (broad SMARTS) is 3. The van der Waals surface area contributed by atoms with Crippen molar-refractivity contribution in [1.82, 2.24) is 45.6 Å². The molecule has 0 saturated carbocycles. The fraction of sp³-hybridized carbons (Fsp3) is 0.333. The first-order valence-electron chi connectivity index (χ1n) is 33.5. The van der Waals surface area contributed by atoms with Crippen LogP contribution in [0.25, 0.3) is 0 Å². The molecule has 6 aliphatic rings. The van der Waals surface area contributed by atoms with Crippen molar-refractivity contribution in [2.75, 3.05) is 100 Å². The smallest absolute Gasteiger partial charge is 0.434 e. The summed E-state index contributed by atoms with van der Waals surface area (Å²) < 4.78 is 141. The normalized spacial score (nSPS) is 20.7. The third kappa shape index (κ3) is 22.0. The van der Waals surface area contributed by atoms with Crippen molar-refractivity contribution in [2.45, 2.75) is 56.0 Å². The molecule has 0 spiro atoms. The van der Waals surface area contributed by atoms with Crippen LogP contribution in [0.3, 0.4) is 0 Å². The molecule has 0 amide bonds. The molecule has 112 heavy (non-hydrogen) atoms. The van der Waals surface area contributed by atoms with E-state index in [4.69, 9.17) is 71.9 Å². The number of aliphatic imine (C=N–C) groups is 3. The van der Waals surface area contributed by atoms with E-state index in [1.807, 2.05) is 27.0 Å². The van der Waals surface area contributed by atoms with Gasteiger partial charge in [-0.15, -0.1) is 34.0 Å². The summed E-state index contributed by atoms with van der Waals surface area (Å²) in [6.07, 6.45) is -0.282. The van der Waals surface area contributed by atoms with E-state index in [0.29, 0.717) is 96.6 Å². The number of aliphatic carboxylic acids is 3. The summed E-state index contributed by atoms with van der Waals surface area (Å²) in [6, 6.07) is 7.18. The molecule has 594 valence electrons. The van der Waals surface area contributed by atoms with E-state index in [-0.39, 0.29) is 86.5 Å². The summed E-state index contributed by atoms with van der Waals surface area (Å²) in [5.74, 6) is -6.76. The summed E-state index contributed by atoms with van der Waals surface area (Å²) in [5, 5.41) is 41.6. The number of nitrogens with zero attached hydrogens (tertiary/aromatic N) is 9. The van der Waals surface area contributed by atoms with Gasteiger partial charge in [0, 0.05) is 149 Å². The van der Waals surface area contributed by atoms with Gasteiger partial charge >= 0.3 is 42.0 Å². The van der Waals surface area contributed by atoms with Gasteiger partial charge in [-0.1, -0.05) is 41.4 Å². The lowest BCUT2D eigenvalue weighted by Gasteiger charge is -2.34. The maximum atomic E-state index is 13.9. The van der Waals surface area contributed by atoms with Gasteiger partial charge in [0.1, 0.15) is 35.6 Å². The number of rotatable bonds is 22. The number of hydrogen-bond donors (Lipinski definition) is 6. The first-order chi connectivity index (χ1) is 53.5. The Kier molecular flexibility index (Phi) is 29.0. The molecule has 3 aromatic carbocycles.